The molecule has 1 N–H and O–H groups in total. The maximum atomic E-state index is 12.8. The van der Waals surface area contributed by atoms with Crippen LogP contribution in [0.2, 0.25) is 5.02 Å². The average molecular weight is 429 g/mol. The molecule has 4 rings (SSSR count). The quantitative estimate of drug-likeness (QED) is 0.484. The lowest BCUT2D eigenvalue weighted by Crippen LogP contribution is -2.34. The summed E-state index contributed by atoms with van der Waals surface area (Å²) in [7, 11) is 3.92. The highest BCUT2D eigenvalue weighted by atomic mass is 35.5. The summed E-state index contributed by atoms with van der Waals surface area (Å²) in [5, 5.41) is 9.20. The largest absolute Gasteiger partial charge is 0.468 e. The van der Waals surface area contributed by atoms with Gasteiger partial charge in [0.05, 0.1) is 33.6 Å². The number of aromatic nitrogens is 2. The van der Waals surface area contributed by atoms with Gasteiger partial charge in [0.15, 0.2) is 0 Å². The van der Waals surface area contributed by atoms with E-state index in [2.05, 4.69) is 10.4 Å². The van der Waals surface area contributed by atoms with E-state index in [9.17, 15) is 4.79 Å². The number of furan rings is 1. The van der Waals surface area contributed by atoms with Gasteiger partial charge in [-0.2, -0.15) is 5.10 Å². The van der Waals surface area contributed by atoms with Crippen LogP contribution in [0.5, 0.6) is 0 Å². The second-order valence-electron chi connectivity index (χ2n) is 6.98. The van der Waals surface area contributed by atoms with Crippen LogP contribution in [-0.2, 0) is 0 Å². The summed E-state index contributed by atoms with van der Waals surface area (Å²) in [6.45, 7) is 2.38. The highest BCUT2D eigenvalue weighted by molar-refractivity contribution is 7.20. The number of amides is 1. The number of thiophene rings is 1. The number of likely N-dealkylation sites (N-methyl/N-ethyl adjacent to an activating group) is 1. The summed E-state index contributed by atoms with van der Waals surface area (Å²) in [6.07, 6.45) is 1.64. The van der Waals surface area contributed by atoms with Gasteiger partial charge in [0.2, 0.25) is 0 Å². The van der Waals surface area contributed by atoms with E-state index in [0.717, 1.165) is 27.4 Å². The molecule has 0 saturated carbocycles. The lowest BCUT2D eigenvalue weighted by molar-refractivity contribution is 0.0943. The molecule has 0 aliphatic heterocycles. The summed E-state index contributed by atoms with van der Waals surface area (Å²) in [4.78, 5) is 16.4. The SMILES string of the molecule is Cc1nn(-c2ccccc2Cl)c2sc(C(=O)NC[C@H](c3ccco3)N(C)C)cc12. The third-order valence-electron chi connectivity index (χ3n) is 4.80. The van der Waals surface area contributed by atoms with Crippen molar-refractivity contribution in [2.75, 3.05) is 20.6 Å². The van der Waals surface area contributed by atoms with Crippen LogP contribution in [0, 0.1) is 6.92 Å². The highest BCUT2D eigenvalue weighted by Gasteiger charge is 2.21. The van der Waals surface area contributed by atoms with E-state index < -0.39 is 0 Å². The third-order valence-corrected chi connectivity index (χ3v) is 6.23. The minimum absolute atomic E-state index is 0.0383. The summed E-state index contributed by atoms with van der Waals surface area (Å²) in [5.74, 6) is 0.701. The van der Waals surface area contributed by atoms with Crippen LogP contribution in [0.15, 0.2) is 53.1 Å². The Bertz CT molecular complexity index is 1150. The number of nitrogens with zero attached hydrogens (tertiary/aromatic N) is 3. The van der Waals surface area contributed by atoms with E-state index in [1.807, 2.05) is 68.4 Å². The van der Waals surface area contributed by atoms with Gasteiger partial charge in [-0.15, -0.1) is 11.3 Å². The summed E-state index contributed by atoms with van der Waals surface area (Å²) < 4.78 is 7.31. The Morgan fingerprint density at radius 3 is 2.79 bits per heavy atom. The smallest absolute Gasteiger partial charge is 0.261 e. The number of benzene rings is 1. The second-order valence-corrected chi connectivity index (χ2v) is 8.42. The number of nitrogens with one attached hydrogen (secondary N) is 1. The number of halogens is 1. The van der Waals surface area contributed by atoms with Gasteiger partial charge in [-0.3, -0.25) is 9.69 Å². The molecular formula is C21H21ClN4O2S. The monoisotopic (exact) mass is 428 g/mol. The molecule has 6 nitrogen and oxygen atoms in total. The van der Waals surface area contributed by atoms with Crippen molar-refractivity contribution in [1.82, 2.24) is 20.0 Å². The van der Waals surface area contributed by atoms with Crippen LogP contribution < -0.4 is 5.32 Å². The van der Waals surface area contributed by atoms with Crippen LogP contribution >= 0.6 is 22.9 Å². The zero-order valence-corrected chi connectivity index (χ0v) is 17.9. The Labute approximate surface area is 177 Å². The van der Waals surface area contributed by atoms with E-state index in [0.29, 0.717) is 16.4 Å². The van der Waals surface area contributed by atoms with Crippen molar-refractivity contribution in [3.05, 3.63) is 70.1 Å². The lowest BCUT2D eigenvalue weighted by atomic mass is 10.2. The number of para-hydroxylation sites is 1. The van der Waals surface area contributed by atoms with Crippen LogP contribution in [-0.4, -0.2) is 41.2 Å². The average Bonchev–Trinajstić information content (AvgIpc) is 3.41. The van der Waals surface area contributed by atoms with Crippen molar-refractivity contribution < 1.29 is 9.21 Å². The normalized spacial score (nSPS) is 12.6. The van der Waals surface area contributed by atoms with E-state index in [1.165, 1.54) is 11.3 Å². The molecular weight excluding hydrogens is 408 g/mol. The molecule has 1 atom stereocenters. The number of aryl methyl sites for hydroxylation is 1. The van der Waals surface area contributed by atoms with Gasteiger partial charge in [-0.25, -0.2) is 4.68 Å². The number of carbonyl (C=O) groups excluding carboxylic acids is 1. The molecule has 0 unspecified atom stereocenters. The Balaban J connectivity index is 1.59. The molecule has 0 aliphatic carbocycles. The molecule has 0 radical (unpaired) electrons. The number of rotatable bonds is 6. The highest BCUT2D eigenvalue weighted by Crippen LogP contribution is 2.32. The predicted octanol–water partition coefficient (Wildman–Crippen LogP) is 4.67. The summed E-state index contributed by atoms with van der Waals surface area (Å²) >= 11 is 7.76. The maximum absolute atomic E-state index is 12.8. The van der Waals surface area contributed by atoms with E-state index in [1.54, 1.807) is 10.9 Å². The topological polar surface area (TPSA) is 63.3 Å². The van der Waals surface area contributed by atoms with Crippen molar-refractivity contribution in [2.45, 2.75) is 13.0 Å². The van der Waals surface area contributed by atoms with Crippen LogP contribution in [0.4, 0.5) is 0 Å². The summed E-state index contributed by atoms with van der Waals surface area (Å²) in [5.41, 5.74) is 1.66. The predicted molar refractivity (Wildman–Crippen MR) is 116 cm³/mol. The molecule has 0 bridgehead atoms. The van der Waals surface area contributed by atoms with E-state index in [4.69, 9.17) is 16.0 Å². The van der Waals surface area contributed by atoms with Gasteiger partial charge in [-0.05, 0) is 51.4 Å². The molecule has 150 valence electrons. The number of hydrogen-bond acceptors (Lipinski definition) is 5. The fourth-order valence-corrected chi connectivity index (χ4v) is 4.55. The number of hydrogen-bond donors (Lipinski definition) is 1. The molecule has 1 amide bonds. The van der Waals surface area contributed by atoms with Gasteiger partial charge < -0.3 is 9.73 Å². The van der Waals surface area contributed by atoms with Gasteiger partial charge in [0.1, 0.15) is 10.6 Å². The van der Waals surface area contributed by atoms with Crippen molar-refractivity contribution in [3.63, 3.8) is 0 Å². The molecule has 0 spiro atoms. The standard InChI is InChI=1S/C21H21ClN4O2S/c1-13-14-11-19(20(27)23-12-17(25(2)3)18-9-6-10-28-18)29-21(14)26(24-13)16-8-5-4-7-15(16)22/h4-11,17H,12H2,1-3H3,(H,23,27)/t17-/m1/s1. The first kappa shape index (κ1) is 19.7. The summed E-state index contributed by atoms with van der Waals surface area (Å²) in [6, 6.07) is 13.2. The number of fused-ring (bicyclic) bond motifs is 1. The molecule has 3 aromatic heterocycles. The lowest BCUT2D eigenvalue weighted by Gasteiger charge is -2.22. The Hall–Kier alpha value is -2.61. The fraction of sp³-hybridized carbons (Fsp3) is 0.238. The first-order chi connectivity index (χ1) is 14.0. The van der Waals surface area contributed by atoms with Crippen molar-refractivity contribution in [1.29, 1.82) is 0 Å². The molecule has 1 aromatic carbocycles. The molecule has 4 aromatic rings. The maximum Gasteiger partial charge on any atom is 0.261 e. The molecule has 8 heteroatoms. The Kier molecular flexibility index (Phi) is 5.45. The van der Waals surface area contributed by atoms with Gasteiger partial charge in [0, 0.05) is 11.9 Å². The second kappa shape index (κ2) is 8.02. The van der Waals surface area contributed by atoms with E-state index >= 15 is 0 Å². The zero-order chi connectivity index (χ0) is 20.5. The van der Waals surface area contributed by atoms with Crippen LogP contribution in [0.1, 0.15) is 27.2 Å². The minimum Gasteiger partial charge on any atom is -0.468 e. The Morgan fingerprint density at radius 2 is 2.10 bits per heavy atom. The van der Waals surface area contributed by atoms with Crippen molar-refractivity contribution in [2.24, 2.45) is 0 Å². The zero-order valence-electron chi connectivity index (χ0n) is 16.3. The minimum atomic E-state index is -0.116. The van der Waals surface area contributed by atoms with Gasteiger partial charge in [-0.1, -0.05) is 23.7 Å². The Morgan fingerprint density at radius 1 is 1.31 bits per heavy atom. The first-order valence-electron chi connectivity index (χ1n) is 9.18. The first-order valence-corrected chi connectivity index (χ1v) is 10.4. The molecule has 0 fully saturated rings. The fourth-order valence-electron chi connectivity index (χ4n) is 3.24. The molecule has 29 heavy (non-hydrogen) atoms. The van der Waals surface area contributed by atoms with Crippen LogP contribution in [0.25, 0.3) is 15.9 Å². The van der Waals surface area contributed by atoms with Gasteiger partial charge >= 0.3 is 0 Å². The number of carbonyl (C=O) groups is 1. The molecule has 3 heterocycles. The molecule has 0 saturated heterocycles. The van der Waals surface area contributed by atoms with E-state index in [-0.39, 0.29) is 11.9 Å². The van der Waals surface area contributed by atoms with Crippen molar-refractivity contribution in [3.8, 4) is 5.69 Å². The van der Waals surface area contributed by atoms with Gasteiger partial charge in [0.25, 0.3) is 5.91 Å². The third kappa shape index (κ3) is 3.81. The van der Waals surface area contributed by atoms with Crippen LogP contribution in [0.3, 0.4) is 0 Å². The van der Waals surface area contributed by atoms with Crippen molar-refractivity contribution >= 4 is 39.1 Å². The molecule has 0 aliphatic rings.